The van der Waals surface area contributed by atoms with Gasteiger partial charge in [-0.25, -0.2) is 9.97 Å². The Morgan fingerprint density at radius 2 is 2.13 bits per heavy atom. The summed E-state index contributed by atoms with van der Waals surface area (Å²) in [5.41, 5.74) is 0.305. The van der Waals surface area contributed by atoms with Gasteiger partial charge < -0.3 is 19.5 Å². The Labute approximate surface area is 133 Å². The lowest BCUT2D eigenvalue weighted by Gasteiger charge is -2.32. The second-order valence-electron chi connectivity index (χ2n) is 5.13. The van der Waals surface area contributed by atoms with Crippen molar-refractivity contribution in [1.29, 1.82) is 0 Å². The van der Waals surface area contributed by atoms with E-state index in [9.17, 15) is 9.59 Å². The fraction of sp³-hybridized carbons (Fsp3) is 0.333. The van der Waals surface area contributed by atoms with E-state index in [1.165, 1.54) is 0 Å². The molecule has 0 saturated carbocycles. The van der Waals surface area contributed by atoms with E-state index in [4.69, 9.17) is 4.42 Å². The third-order valence-corrected chi connectivity index (χ3v) is 3.62. The van der Waals surface area contributed by atoms with Gasteiger partial charge in [0.15, 0.2) is 0 Å². The molecule has 1 saturated heterocycles. The molecule has 1 fully saturated rings. The molecule has 0 atom stereocenters. The lowest BCUT2D eigenvalue weighted by molar-refractivity contribution is -0.118. The molecule has 23 heavy (non-hydrogen) atoms. The minimum absolute atomic E-state index is 0.281. The van der Waals surface area contributed by atoms with Gasteiger partial charge in [-0.3, -0.25) is 9.59 Å². The zero-order chi connectivity index (χ0) is 16.1. The van der Waals surface area contributed by atoms with Crippen LogP contribution in [0.25, 0.3) is 0 Å². The van der Waals surface area contributed by atoms with Crippen molar-refractivity contribution in [1.82, 2.24) is 20.2 Å². The van der Waals surface area contributed by atoms with E-state index >= 15 is 0 Å². The summed E-state index contributed by atoms with van der Waals surface area (Å²) in [5, 5.41) is 2.75. The van der Waals surface area contributed by atoms with Gasteiger partial charge in [0, 0.05) is 32.4 Å². The molecule has 3 rings (SSSR count). The van der Waals surface area contributed by atoms with Crippen LogP contribution in [0.3, 0.4) is 0 Å². The zero-order valence-electron chi connectivity index (χ0n) is 12.5. The maximum Gasteiger partial charge on any atom is 0.270 e. The number of carbonyl (C=O) groups is 2. The number of anilines is 1. The van der Waals surface area contributed by atoms with E-state index in [-0.39, 0.29) is 5.91 Å². The lowest BCUT2D eigenvalue weighted by Crippen LogP contribution is -2.46. The number of amides is 2. The summed E-state index contributed by atoms with van der Waals surface area (Å²) in [6.45, 7) is 2.86. The number of carbonyl (C=O) groups excluding carboxylic acids is 2. The molecule has 0 unspecified atom stereocenters. The van der Waals surface area contributed by atoms with Crippen molar-refractivity contribution in [3.63, 3.8) is 0 Å². The number of piperazine rings is 1. The second kappa shape index (κ2) is 6.91. The molecule has 8 nitrogen and oxygen atoms in total. The van der Waals surface area contributed by atoms with Gasteiger partial charge in [0.1, 0.15) is 11.5 Å². The van der Waals surface area contributed by atoms with Crippen molar-refractivity contribution in [3.8, 4) is 0 Å². The van der Waals surface area contributed by atoms with Crippen LogP contribution in [0.2, 0.25) is 0 Å². The first-order valence-corrected chi connectivity index (χ1v) is 7.34. The highest BCUT2D eigenvalue weighted by Crippen LogP contribution is 2.11. The van der Waals surface area contributed by atoms with Gasteiger partial charge in [-0.05, 0) is 18.2 Å². The van der Waals surface area contributed by atoms with Crippen molar-refractivity contribution in [2.24, 2.45) is 0 Å². The first kappa shape index (κ1) is 15.0. The van der Waals surface area contributed by atoms with Crippen LogP contribution in [0.15, 0.2) is 35.1 Å². The first-order valence-electron chi connectivity index (χ1n) is 7.34. The van der Waals surface area contributed by atoms with Crippen LogP contribution in [0.1, 0.15) is 16.2 Å². The Kier molecular flexibility index (Phi) is 4.51. The van der Waals surface area contributed by atoms with Crippen LogP contribution in [-0.2, 0) is 11.3 Å². The number of nitrogens with zero attached hydrogens (tertiary/aromatic N) is 4. The smallest absolute Gasteiger partial charge is 0.270 e. The van der Waals surface area contributed by atoms with E-state index in [1.807, 2.05) is 4.90 Å². The quantitative estimate of drug-likeness (QED) is 0.797. The summed E-state index contributed by atoms with van der Waals surface area (Å²) in [5.74, 6) is 0.899. The minimum atomic E-state index is -0.281. The predicted octanol–water partition coefficient (Wildman–Crippen LogP) is 0.278. The van der Waals surface area contributed by atoms with Gasteiger partial charge in [-0.2, -0.15) is 0 Å². The van der Waals surface area contributed by atoms with Gasteiger partial charge in [0.2, 0.25) is 12.4 Å². The predicted molar refractivity (Wildman–Crippen MR) is 81.8 cm³/mol. The summed E-state index contributed by atoms with van der Waals surface area (Å²) in [4.78, 5) is 35.1. The monoisotopic (exact) mass is 315 g/mol. The molecular weight excluding hydrogens is 298 g/mol. The van der Waals surface area contributed by atoms with Crippen molar-refractivity contribution in [2.45, 2.75) is 6.54 Å². The van der Waals surface area contributed by atoms with Gasteiger partial charge in [0.25, 0.3) is 5.91 Å². The Bertz CT molecular complexity index is 666. The summed E-state index contributed by atoms with van der Waals surface area (Å²) in [7, 11) is 0. The number of hydrogen-bond acceptors (Lipinski definition) is 6. The van der Waals surface area contributed by atoms with Gasteiger partial charge >= 0.3 is 0 Å². The summed E-state index contributed by atoms with van der Waals surface area (Å²) < 4.78 is 5.17. The maximum atomic E-state index is 12.2. The highest BCUT2D eigenvalue weighted by Gasteiger charge is 2.19. The van der Waals surface area contributed by atoms with E-state index in [0.717, 1.165) is 6.41 Å². The molecule has 0 aromatic carbocycles. The van der Waals surface area contributed by atoms with Crippen LogP contribution in [-0.4, -0.2) is 53.4 Å². The van der Waals surface area contributed by atoms with Crippen molar-refractivity contribution >= 4 is 18.3 Å². The van der Waals surface area contributed by atoms with E-state index < -0.39 is 0 Å². The van der Waals surface area contributed by atoms with Crippen LogP contribution >= 0.6 is 0 Å². The molecule has 0 radical (unpaired) electrons. The molecule has 0 spiro atoms. The molecule has 1 aliphatic heterocycles. The van der Waals surface area contributed by atoms with E-state index in [1.54, 1.807) is 35.6 Å². The van der Waals surface area contributed by atoms with Crippen molar-refractivity contribution in [3.05, 3.63) is 42.1 Å². The molecule has 2 amide bonds. The molecule has 0 aliphatic carbocycles. The average Bonchev–Trinajstić information content (AvgIpc) is 3.13. The second-order valence-corrected chi connectivity index (χ2v) is 5.13. The van der Waals surface area contributed by atoms with Gasteiger partial charge in [0.05, 0.1) is 12.8 Å². The summed E-state index contributed by atoms with van der Waals surface area (Å²) in [6.07, 6.45) is 3.97. The number of nitrogens with one attached hydrogen (secondary N) is 1. The van der Waals surface area contributed by atoms with Crippen molar-refractivity contribution < 1.29 is 14.0 Å². The molecular formula is C15H17N5O3. The molecule has 0 bridgehead atoms. The topological polar surface area (TPSA) is 91.6 Å². The Morgan fingerprint density at radius 3 is 2.83 bits per heavy atom. The minimum Gasteiger partial charge on any atom is -0.467 e. The number of furan rings is 1. The lowest BCUT2D eigenvalue weighted by atomic mass is 10.3. The largest absolute Gasteiger partial charge is 0.467 e. The Hall–Kier alpha value is -2.90. The van der Waals surface area contributed by atoms with Crippen LogP contribution in [0.5, 0.6) is 0 Å². The summed E-state index contributed by atoms with van der Waals surface area (Å²) in [6, 6.07) is 5.13. The fourth-order valence-electron chi connectivity index (χ4n) is 2.33. The van der Waals surface area contributed by atoms with E-state index in [2.05, 4.69) is 15.3 Å². The van der Waals surface area contributed by atoms with Gasteiger partial charge in [-0.1, -0.05) is 0 Å². The average molecular weight is 315 g/mol. The molecule has 1 aliphatic rings. The molecule has 1 N–H and O–H groups in total. The fourth-order valence-corrected chi connectivity index (χ4v) is 2.33. The van der Waals surface area contributed by atoms with Crippen molar-refractivity contribution in [2.75, 3.05) is 31.1 Å². The maximum absolute atomic E-state index is 12.2. The van der Waals surface area contributed by atoms with Crippen LogP contribution in [0, 0.1) is 0 Å². The molecule has 8 heteroatoms. The molecule has 3 heterocycles. The third kappa shape index (κ3) is 3.65. The number of rotatable bonds is 5. The molecule has 2 aromatic rings. The third-order valence-electron chi connectivity index (χ3n) is 3.62. The molecule has 120 valence electrons. The van der Waals surface area contributed by atoms with E-state index in [0.29, 0.717) is 50.1 Å². The Morgan fingerprint density at radius 1 is 1.30 bits per heavy atom. The zero-order valence-corrected chi connectivity index (χ0v) is 12.5. The standard InChI is InChI=1S/C15H17N5O3/c21-11-19-5-7-20(8-6-19)15-16-4-3-13(18-15)14(22)17-10-12-2-1-9-23-12/h1-4,9,11H,5-8,10H2,(H,17,22). The SMILES string of the molecule is O=CN1CCN(c2nccc(C(=O)NCc3ccco3)n2)CC1. The van der Waals surface area contributed by atoms with Gasteiger partial charge in [-0.15, -0.1) is 0 Å². The Balaban J connectivity index is 1.62. The van der Waals surface area contributed by atoms with Crippen LogP contribution in [0.4, 0.5) is 5.95 Å². The first-order chi connectivity index (χ1) is 11.3. The highest BCUT2D eigenvalue weighted by atomic mass is 16.3. The normalized spacial score (nSPS) is 14.6. The number of aromatic nitrogens is 2. The molecule has 2 aromatic heterocycles. The van der Waals surface area contributed by atoms with Crippen LogP contribution < -0.4 is 10.2 Å². The highest BCUT2D eigenvalue weighted by molar-refractivity contribution is 5.92. The number of hydrogen-bond donors (Lipinski definition) is 1. The summed E-state index contributed by atoms with van der Waals surface area (Å²) >= 11 is 0.